The Kier molecular flexibility index (Phi) is 8.93. The molecule has 0 aliphatic rings. The smallest absolute Gasteiger partial charge is 0.141 e. The Morgan fingerprint density at radius 1 is 1.14 bits per heavy atom. The number of methoxy groups -OCH3 is 1. The second-order valence-electron chi connectivity index (χ2n) is 5.52. The van der Waals surface area contributed by atoms with Crippen molar-refractivity contribution in [1.29, 1.82) is 0 Å². The van der Waals surface area contributed by atoms with E-state index in [1.807, 2.05) is 0 Å². The normalized spacial score (nSPS) is 12.4. The maximum absolute atomic E-state index is 13.5. The first kappa shape index (κ1) is 18.4. The first-order chi connectivity index (χ1) is 10.1. The Morgan fingerprint density at radius 3 is 2.38 bits per heavy atom. The van der Waals surface area contributed by atoms with Gasteiger partial charge >= 0.3 is 0 Å². The molecule has 0 heterocycles. The summed E-state index contributed by atoms with van der Waals surface area (Å²) >= 11 is 3.21. The van der Waals surface area contributed by atoms with Gasteiger partial charge in [0.25, 0.3) is 0 Å². The average molecular weight is 360 g/mol. The van der Waals surface area contributed by atoms with Crippen LogP contribution in [0.3, 0.4) is 0 Å². The minimum atomic E-state index is -0.321. The molecule has 2 nitrogen and oxygen atoms in total. The SMILES string of the molecule is CCCCCCCCCC(N)c1cc(Br)c(F)cc1OC. The highest BCUT2D eigenvalue weighted by molar-refractivity contribution is 9.10. The van der Waals surface area contributed by atoms with Crippen molar-refractivity contribution in [2.24, 2.45) is 5.73 Å². The number of unbranched alkanes of at least 4 members (excludes halogenated alkanes) is 6. The molecule has 1 unspecified atom stereocenters. The quantitative estimate of drug-likeness (QED) is 0.540. The molecule has 0 aromatic heterocycles. The number of nitrogens with two attached hydrogens (primary N) is 1. The van der Waals surface area contributed by atoms with E-state index < -0.39 is 0 Å². The average Bonchev–Trinajstić information content (AvgIpc) is 2.48. The van der Waals surface area contributed by atoms with Gasteiger partial charge in [-0.1, -0.05) is 51.9 Å². The molecule has 0 aliphatic heterocycles. The zero-order valence-corrected chi connectivity index (χ0v) is 14.7. The number of rotatable bonds is 10. The van der Waals surface area contributed by atoms with Gasteiger partial charge in [0.05, 0.1) is 11.6 Å². The highest BCUT2D eigenvalue weighted by Crippen LogP contribution is 2.32. The largest absolute Gasteiger partial charge is 0.496 e. The molecule has 0 bridgehead atoms. The van der Waals surface area contributed by atoms with Gasteiger partial charge in [0.15, 0.2) is 0 Å². The second kappa shape index (κ2) is 10.2. The molecule has 0 fully saturated rings. The van der Waals surface area contributed by atoms with Crippen molar-refractivity contribution in [1.82, 2.24) is 0 Å². The van der Waals surface area contributed by atoms with E-state index >= 15 is 0 Å². The van der Waals surface area contributed by atoms with Crippen LogP contribution in [0.1, 0.15) is 69.9 Å². The lowest BCUT2D eigenvalue weighted by atomic mass is 9.99. The first-order valence-corrected chi connectivity index (χ1v) is 8.68. The predicted octanol–water partition coefficient (Wildman–Crippen LogP) is 5.74. The molecule has 0 amide bonds. The molecule has 120 valence electrons. The van der Waals surface area contributed by atoms with Gasteiger partial charge < -0.3 is 10.5 Å². The number of benzene rings is 1. The van der Waals surface area contributed by atoms with Crippen molar-refractivity contribution >= 4 is 15.9 Å². The van der Waals surface area contributed by atoms with Crippen LogP contribution >= 0.6 is 15.9 Å². The third-order valence-electron chi connectivity index (χ3n) is 3.79. The monoisotopic (exact) mass is 359 g/mol. The number of ether oxygens (including phenoxy) is 1. The highest BCUT2D eigenvalue weighted by atomic mass is 79.9. The van der Waals surface area contributed by atoms with Crippen molar-refractivity contribution in [3.05, 3.63) is 28.0 Å². The minimum Gasteiger partial charge on any atom is -0.496 e. The van der Waals surface area contributed by atoms with Gasteiger partial charge in [0.1, 0.15) is 11.6 Å². The van der Waals surface area contributed by atoms with Crippen LogP contribution < -0.4 is 10.5 Å². The topological polar surface area (TPSA) is 35.2 Å². The standard InChI is InChI=1S/C17H27BrFNO/c1-3-4-5-6-7-8-9-10-16(20)13-11-14(18)15(19)12-17(13)21-2/h11-12,16H,3-10,20H2,1-2H3. The third kappa shape index (κ3) is 6.35. The summed E-state index contributed by atoms with van der Waals surface area (Å²) in [7, 11) is 1.55. The summed E-state index contributed by atoms with van der Waals surface area (Å²) in [4.78, 5) is 0. The maximum Gasteiger partial charge on any atom is 0.141 e. The van der Waals surface area contributed by atoms with Gasteiger partial charge in [-0.15, -0.1) is 0 Å². The fourth-order valence-corrected chi connectivity index (χ4v) is 2.85. The summed E-state index contributed by atoms with van der Waals surface area (Å²) in [5.41, 5.74) is 7.10. The van der Waals surface area contributed by atoms with Crippen molar-refractivity contribution in [2.75, 3.05) is 7.11 Å². The van der Waals surface area contributed by atoms with Crippen molar-refractivity contribution in [3.8, 4) is 5.75 Å². The lowest BCUT2D eigenvalue weighted by Crippen LogP contribution is -2.12. The molecule has 1 aromatic carbocycles. The van der Waals surface area contributed by atoms with Crippen LogP contribution in [0.15, 0.2) is 16.6 Å². The minimum absolute atomic E-state index is 0.104. The molecule has 0 saturated carbocycles. The Bertz CT molecular complexity index is 425. The Balaban J connectivity index is 2.41. The Labute approximate surface area is 136 Å². The summed E-state index contributed by atoms with van der Waals surface area (Å²) in [5.74, 6) is 0.213. The zero-order valence-electron chi connectivity index (χ0n) is 13.1. The van der Waals surface area contributed by atoms with E-state index in [1.165, 1.54) is 44.6 Å². The van der Waals surface area contributed by atoms with Gasteiger partial charge in [-0.25, -0.2) is 4.39 Å². The van der Waals surface area contributed by atoms with E-state index in [-0.39, 0.29) is 11.9 Å². The molecule has 21 heavy (non-hydrogen) atoms. The predicted molar refractivity (Wildman–Crippen MR) is 90.2 cm³/mol. The van der Waals surface area contributed by atoms with Gasteiger partial charge in [-0.3, -0.25) is 0 Å². The first-order valence-electron chi connectivity index (χ1n) is 7.88. The van der Waals surface area contributed by atoms with Crippen molar-refractivity contribution < 1.29 is 9.13 Å². The lowest BCUT2D eigenvalue weighted by molar-refractivity contribution is 0.399. The van der Waals surface area contributed by atoms with E-state index in [4.69, 9.17) is 10.5 Å². The van der Waals surface area contributed by atoms with Crippen LogP contribution in [-0.2, 0) is 0 Å². The summed E-state index contributed by atoms with van der Waals surface area (Å²) in [6.07, 6.45) is 9.76. The van der Waals surface area contributed by atoms with E-state index in [0.717, 1.165) is 18.4 Å². The number of hydrogen-bond donors (Lipinski definition) is 1. The molecule has 2 N–H and O–H groups in total. The third-order valence-corrected chi connectivity index (χ3v) is 4.40. The van der Waals surface area contributed by atoms with E-state index in [9.17, 15) is 4.39 Å². The maximum atomic E-state index is 13.5. The summed E-state index contributed by atoms with van der Waals surface area (Å²) in [6, 6.07) is 3.02. The Morgan fingerprint density at radius 2 is 1.76 bits per heavy atom. The molecule has 1 rings (SSSR count). The number of hydrogen-bond acceptors (Lipinski definition) is 2. The van der Waals surface area contributed by atoms with Crippen LogP contribution in [0.4, 0.5) is 4.39 Å². The zero-order chi connectivity index (χ0) is 15.7. The molecule has 1 atom stereocenters. The summed E-state index contributed by atoms with van der Waals surface area (Å²) in [6.45, 7) is 2.23. The molecule has 0 spiro atoms. The van der Waals surface area contributed by atoms with Gasteiger partial charge in [0.2, 0.25) is 0 Å². The fourth-order valence-electron chi connectivity index (χ4n) is 2.49. The molecule has 1 aromatic rings. The molecular formula is C17H27BrFNO. The van der Waals surface area contributed by atoms with Crippen molar-refractivity contribution in [2.45, 2.75) is 64.3 Å². The van der Waals surface area contributed by atoms with E-state index in [1.54, 1.807) is 13.2 Å². The van der Waals surface area contributed by atoms with Gasteiger partial charge in [-0.05, 0) is 28.4 Å². The van der Waals surface area contributed by atoms with Gasteiger partial charge in [-0.2, -0.15) is 0 Å². The van der Waals surface area contributed by atoms with Crippen LogP contribution in [-0.4, -0.2) is 7.11 Å². The molecule has 0 saturated heterocycles. The van der Waals surface area contributed by atoms with Crippen LogP contribution in [0, 0.1) is 5.82 Å². The summed E-state index contributed by atoms with van der Waals surface area (Å²) in [5, 5.41) is 0. The van der Waals surface area contributed by atoms with Gasteiger partial charge in [0, 0.05) is 17.7 Å². The Hall–Kier alpha value is -0.610. The van der Waals surface area contributed by atoms with E-state index in [0.29, 0.717) is 10.2 Å². The fraction of sp³-hybridized carbons (Fsp3) is 0.647. The summed E-state index contributed by atoms with van der Waals surface area (Å²) < 4.78 is 19.2. The van der Waals surface area contributed by atoms with Crippen LogP contribution in [0.25, 0.3) is 0 Å². The van der Waals surface area contributed by atoms with Crippen LogP contribution in [0.2, 0.25) is 0 Å². The molecular weight excluding hydrogens is 333 g/mol. The van der Waals surface area contributed by atoms with Crippen molar-refractivity contribution in [3.63, 3.8) is 0 Å². The number of halogens is 2. The molecule has 4 heteroatoms. The van der Waals surface area contributed by atoms with Crippen LogP contribution in [0.5, 0.6) is 5.75 Å². The van der Waals surface area contributed by atoms with E-state index in [2.05, 4.69) is 22.9 Å². The lowest BCUT2D eigenvalue weighted by Gasteiger charge is -2.16. The molecule has 0 aliphatic carbocycles. The second-order valence-corrected chi connectivity index (χ2v) is 6.38. The highest BCUT2D eigenvalue weighted by Gasteiger charge is 2.15. The molecule has 0 radical (unpaired) electrons.